The molecule has 0 bridgehead atoms. The third kappa shape index (κ3) is 4.29. The highest BCUT2D eigenvalue weighted by Gasteiger charge is 2.21. The van der Waals surface area contributed by atoms with Crippen LogP contribution in [0.2, 0.25) is 0 Å². The highest BCUT2D eigenvalue weighted by molar-refractivity contribution is 6.08. The Morgan fingerprint density at radius 3 is 2.67 bits per heavy atom. The number of benzene rings is 1. The summed E-state index contributed by atoms with van der Waals surface area (Å²) in [4.78, 5) is 29.3. The molecule has 0 unspecified atom stereocenters. The predicted octanol–water partition coefficient (Wildman–Crippen LogP) is 2.49. The fraction of sp³-hybridized carbons (Fsp3) is 0.211. The van der Waals surface area contributed by atoms with Gasteiger partial charge in [0, 0.05) is 32.1 Å². The Morgan fingerprint density at radius 2 is 1.93 bits per heavy atom. The van der Waals surface area contributed by atoms with Gasteiger partial charge in [0.1, 0.15) is 5.82 Å². The molecule has 0 aliphatic carbocycles. The fourth-order valence-corrected chi connectivity index (χ4v) is 2.59. The van der Waals surface area contributed by atoms with Gasteiger partial charge in [-0.15, -0.1) is 0 Å². The number of pyridine rings is 1. The summed E-state index contributed by atoms with van der Waals surface area (Å²) in [5, 5.41) is 5.42. The number of imidazole rings is 1. The molecule has 2 aromatic heterocycles. The standard InChI is InChI=1S/C19H19FN4O3/c1-27-12-4-10-21-19(26)17-23-16(15-5-2-3-11-24(15)17)18(25)22-14-8-6-13(20)7-9-14/h2-3,5-9,11H,4,10,12H2,1H3,(H,21,26)(H,22,25). The largest absolute Gasteiger partial charge is 0.385 e. The molecule has 0 aliphatic heterocycles. The first kappa shape index (κ1) is 18.5. The minimum atomic E-state index is -0.483. The van der Waals surface area contributed by atoms with Crippen molar-refractivity contribution in [3.05, 3.63) is 66.0 Å². The lowest BCUT2D eigenvalue weighted by Crippen LogP contribution is -2.27. The summed E-state index contributed by atoms with van der Waals surface area (Å²) in [7, 11) is 1.59. The third-order valence-corrected chi connectivity index (χ3v) is 3.88. The Bertz CT molecular complexity index is 953. The Labute approximate surface area is 155 Å². The van der Waals surface area contributed by atoms with Crippen LogP contribution in [0.4, 0.5) is 10.1 Å². The van der Waals surface area contributed by atoms with Crippen LogP contribution in [0.1, 0.15) is 27.5 Å². The maximum atomic E-state index is 13.0. The quantitative estimate of drug-likeness (QED) is 0.626. The Balaban J connectivity index is 1.84. The SMILES string of the molecule is COCCCNC(=O)c1nc(C(=O)Nc2ccc(F)cc2)c2ccccn12. The van der Waals surface area contributed by atoms with Crippen LogP contribution in [0, 0.1) is 5.82 Å². The normalized spacial score (nSPS) is 10.7. The lowest BCUT2D eigenvalue weighted by atomic mass is 10.2. The van der Waals surface area contributed by atoms with E-state index < -0.39 is 11.7 Å². The van der Waals surface area contributed by atoms with E-state index in [4.69, 9.17) is 4.74 Å². The van der Waals surface area contributed by atoms with Crippen LogP contribution in [0.3, 0.4) is 0 Å². The second kappa shape index (κ2) is 8.41. The van der Waals surface area contributed by atoms with Crippen molar-refractivity contribution in [3.63, 3.8) is 0 Å². The number of nitrogens with zero attached hydrogens (tertiary/aromatic N) is 2. The summed E-state index contributed by atoms with van der Waals surface area (Å²) in [6.45, 7) is 0.972. The second-order valence-corrected chi connectivity index (χ2v) is 5.80. The number of hydrogen-bond donors (Lipinski definition) is 2. The maximum absolute atomic E-state index is 13.0. The van der Waals surface area contributed by atoms with Crippen LogP contribution in [-0.4, -0.2) is 41.5 Å². The summed E-state index contributed by atoms with van der Waals surface area (Å²) >= 11 is 0. The number of methoxy groups -OCH3 is 1. The van der Waals surface area contributed by atoms with Crippen molar-refractivity contribution in [1.82, 2.24) is 14.7 Å². The molecular weight excluding hydrogens is 351 g/mol. The van der Waals surface area contributed by atoms with Crippen LogP contribution < -0.4 is 10.6 Å². The van der Waals surface area contributed by atoms with Crippen molar-refractivity contribution in [2.45, 2.75) is 6.42 Å². The molecule has 0 radical (unpaired) electrons. The lowest BCUT2D eigenvalue weighted by molar-refractivity contribution is 0.0937. The van der Waals surface area contributed by atoms with E-state index in [0.29, 0.717) is 30.8 Å². The van der Waals surface area contributed by atoms with Gasteiger partial charge in [0.25, 0.3) is 11.8 Å². The summed E-state index contributed by atoms with van der Waals surface area (Å²) in [6, 6.07) is 10.6. The van der Waals surface area contributed by atoms with Gasteiger partial charge >= 0.3 is 0 Å². The Morgan fingerprint density at radius 1 is 1.15 bits per heavy atom. The van der Waals surface area contributed by atoms with E-state index in [2.05, 4.69) is 15.6 Å². The van der Waals surface area contributed by atoms with E-state index >= 15 is 0 Å². The number of rotatable bonds is 7. The smallest absolute Gasteiger partial charge is 0.287 e. The molecule has 0 saturated heterocycles. The second-order valence-electron chi connectivity index (χ2n) is 5.80. The highest BCUT2D eigenvalue weighted by atomic mass is 19.1. The number of fused-ring (bicyclic) bond motifs is 1. The number of nitrogens with one attached hydrogen (secondary N) is 2. The van der Waals surface area contributed by atoms with E-state index in [1.165, 1.54) is 24.3 Å². The average molecular weight is 370 g/mol. The zero-order valence-electron chi connectivity index (χ0n) is 14.7. The Hall–Kier alpha value is -3.26. The zero-order chi connectivity index (χ0) is 19.2. The number of anilines is 1. The van der Waals surface area contributed by atoms with Crippen molar-refractivity contribution < 1.29 is 18.7 Å². The molecule has 0 fully saturated rings. The minimum Gasteiger partial charge on any atom is -0.385 e. The van der Waals surface area contributed by atoms with Crippen molar-refractivity contribution in [1.29, 1.82) is 0 Å². The first-order valence-electron chi connectivity index (χ1n) is 8.41. The molecule has 140 valence electrons. The van der Waals surface area contributed by atoms with Gasteiger partial charge in [-0.2, -0.15) is 0 Å². The highest BCUT2D eigenvalue weighted by Crippen LogP contribution is 2.16. The number of halogens is 1. The summed E-state index contributed by atoms with van der Waals surface area (Å²) < 4.78 is 19.5. The van der Waals surface area contributed by atoms with Crippen LogP contribution in [0.25, 0.3) is 5.52 Å². The predicted molar refractivity (Wildman–Crippen MR) is 98.4 cm³/mol. The molecule has 0 atom stereocenters. The van der Waals surface area contributed by atoms with Crippen molar-refractivity contribution >= 4 is 23.0 Å². The number of ether oxygens (including phenoxy) is 1. The lowest BCUT2D eigenvalue weighted by Gasteiger charge is -2.03. The molecule has 27 heavy (non-hydrogen) atoms. The van der Waals surface area contributed by atoms with E-state index in [-0.39, 0.29) is 17.4 Å². The summed E-state index contributed by atoms with van der Waals surface area (Å²) in [5.74, 6) is -1.14. The maximum Gasteiger partial charge on any atom is 0.287 e. The van der Waals surface area contributed by atoms with Gasteiger partial charge in [-0.3, -0.25) is 14.0 Å². The zero-order valence-corrected chi connectivity index (χ0v) is 14.7. The molecule has 0 aliphatic rings. The van der Waals surface area contributed by atoms with Gasteiger partial charge in [0.15, 0.2) is 5.69 Å². The van der Waals surface area contributed by atoms with Gasteiger partial charge < -0.3 is 15.4 Å². The van der Waals surface area contributed by atoms with E-state index in [1.807, 2.05) is 0 Å². The topological polar surface area (TPSA) is 84.7 Å². The number of hydrogen-bond acceptors (Lipinski definition) is 4. The van der Waals surface area contributed by atoms with E-state index in [9.17, 15) is 14.0 Å². The van der Waals surface area contributed by atoms with Gasteiger partial charge in [-0.25, -0.2) is 9.37 Å². The number of amides is 2. The van der Waals surface area contributed by atoms with Gasteiger partial charge in [-0.05, 0) is 42.8 Å². The Kier molecular flexibility index (Phi) is 5.77. The first-order valence-corrected chi connectivity index (χ1v) is 8.41. The fourth-order valence-electron chi connectivity index (χ4n) is 2.59. The molecule has 3 rings (SSSR count). The van der Waals surface area contributed by atoms with E-state index in [1.54, 1.807) is 35.9 Å². The van der Waals surface area contributed by atoms with Gasteiger partial charge in [0.05, 0.1) is 5.52 Å². The molecule has 0 saturated carbocycles. The molecule has 8 heteroatoms. The molecular formula is C19H19FN4O3. The van der Waals surface area contributed by atoms with Gasteiger partial charge in [-0.1, -0.05) is 6.07 Å². The van der Waals surface area contributed by atoms with Crippen molar-refractivity contribution in [2.24, 2.45) is 0 Å². The number of carbonyl (C=O) groups is 2. The number of aromatic nitrogens is 2. The molecule has 2 N–H and O–H groups in total. The van der Waals surface area contributed by atoms with Gasteiger partial charge in [0.2, 0.25) is 5.82 Å². The molecule has 2 heterocycles. The molecule has 1 aromatic carbocycles. The van der Waals surface area contributed by atoms with E-state index in [0.717, 1.165) is 0 Å². The molecule has 3 aromatic rings. The molecule has 2 amide bonds. The minimum absolute atomic E-state index is 0.113. The van der Waals surface area contributed by atoms with Crippen LogP contribution in [0.15, 0.2) is 48.7 Å². The van der Waals surface area contributed by atoms with Crippen LogP contribution in [0.5, 0.6) is 0 Å². The van der Waals surface area contributed by atoms with Crippen LogP contribution >= 0.6 is 0 Å². The first-order chi connectivity index (χ1) is 13.1. The monoisotopic (exact) mass is 370 g/mol. The third-order valence-electron chi connectivity index (χ3n) is 3.88. The average Bonchev–Trinajstić information content (AvgIpc) is 3.07. The van der Waals surface area contributed by atoms with Crippen molar-refractivity contribution in [3.8, 4) is 0 Å². The molecule has 0 spiro atoms. The summed E-state index contributed by atoms with van der Waals surface area (Å²) in [6.07, 6.45) is 2.34. The molecule has 7 nitrogen and oxygen atoms in total. The summed E-state index contributed by atoms with van der Waals surface area (Å²) in [5.41, 5.74) is 1.05. The van der Waals surface area contributed by atoms with Crippen molar-refractivity contribution in [2.75, 3.05) is 25.6 Å². The number of carbonyl (C=O) groups excluding carboxylic acids is 2. The van der Waals surface area contributed by atoms with Crippen LogP contribution in [-0.2, 0) is 4.74 Å².